The molecule has 0 fully saturated rings. The van der Waals surface area contributed by atoms with Crippen LogP contribution in [0, 0.1) is 0 Å². The number of hydrogen-bond donors (Lipinski definition) is 1. The van der Waals surface area contributed by atoms with Gasteiger partial charge in [-0.3, -0.25) is 0 Å². The van der Waals surface area contributed by atoms with Gasteiger partial charge in [0.2, 0.25) is 0 Å². The number of anilines is 3. The largest absolute Gasteiger partial charge is 0.352 e. The van der Waals surface area contributed by atoms with Crippen molar-refractivity contribution in [3.05, 3.63) is 77.6 Å². The summed E-state index contributed by atoms with van der Waals surface area (Å²) in [6.07, 6.45) is 3.69. The Morgan fingerprint density at radius 1 is 1.00 bits per heavy atom. The van der Waals surface area contributed by atoms with E-state index in [-0.39, 0.29) is 0 Å². The molecular weight excluding hydrogens is 308 g/mol. The van der Waals surface area contributed by atoms with Crippen molar-refractivity contribution in [1.29, 1.82) is 0 Å². The zero-order valence-electron chi connectivity index (χ0n) is 14.4. The molecule has 1 N–H and O–H groups in total. The van der Waals surface area contributed by atoms with Crippen molar-refractivity contribution < 1.29 is 0 Å². The lowest BCUT2D eigenvalue weighted by molar-refractivity contribution is 0.719. The zero-order valence-corrected chi connectivity index (χ0v) is 14.4. The zero-order chi connectivity index (χ0) is 17.1. The third kappa shape index (κ3) is 3.33. The van der Waals surface area contributed by atoms with E-state index in [1.807, 2.05) is 12.1 Å². The lowest BCUT2D eigenvalue weighted by Gasteiger charge is -2.29. The average molecular weight is 330 g/mol. The van der Waals surface area contributed by atoms with E-state index in [1.54, 1.807) is 6.33 Å². The number of nitrogens with zero attached hydrogens (tertiary/aromatic N) is 3. The Bertz CT molecular complexity index is 875. The summed E-state index contributed by atoms with van der Waals surface area (Å²) in [6, 6.07) is 19.1. The summed E-state index contributed by atoms with van der Waals surface area (Å²) in [5.41, 5.74) is 5.23. The number of para-hydroxylation sites is 1. The van der Waals surface area contributed by atoms with Crippen molar-refractivity contribution in [2.24, 2.45) is 0 Å². The second-order valence-corrected chi connectivity index (χ2v) is 6.34. The van der Waals surface area contributed by atoms with Crippen molar-refractivity contribution in [2.45, 2.75) is 26.3 Å². The van der Waals surface area contributed by atoms with Crippen LogP contribution in [0.4, 0.5) is 17.3 Å². The predicted molar refractivity (Wildman–Crippen MR) is 102 cm³/mol. The van der Waals surface area contributed by atoms with E-state index in [0.717, 1.165) is 43.3 Å². The van der Waals surface area contributed by atoms with Crippen LogP contribution in [-0.4, -0.2) is 16.5 Å². The fourth-order valence-corrected chi connectivity index (χ4v) is 3.37. The highest BCUT2D eigenvalue weighted by atomic mass is 15.2. The molecule has 1 aliphatic heterocycles. The minimum Gasteiger partial charge on any atom is -0.352 e. The Balaban J connectivity index is 1.56. The van der Waals surface area contributed by atoms with Crippen LogP contribution < -0.4 is 10.2 Å². The van der Waals surface area contributed by atoms with Gasteiger partial charge in [-0.2, -0.15) is 0 Å². The third-order valence-electron chi connectivity index (χ3n) is 4.77. The number of aromatic nitrogens is 2. The van der Waals surface area contributed by atoms with Gasteiger partial charge in [-0.05, 0) is 35.6 Å². The highest BCUT2D eigenvalue weighted by molar-refractivity contribution is 5.63. The van der Waals surface area contributed by atoms with E-state index in [4.69, 9.17) is 0 Å². The predicted octanol–water partition coefficient (Wildman–Crippen LogP) is 4.35. The van der Waals surface area contributed by atoms with Crippen molar-refractivity contribution in [2.75, 3.05) is 16.8 Å². The molecule has 0 saturated heterocycles. The second kappa shape index (κ2) is 6.93. The first kappa shape index (κ1) is 15.6. The van der Waals surface area contributed by atoms with Crippen LogP contribution in [0.15, 0.2) is 60.9 Å². The van der Waals surface area contributed by atoms with Crippen molar-refractivity contribution in [3.8, 4) is 0 Å². The summed E-state index contributed by atoms with van der Waals surface area (Å²) >= 11 is 0. The maximum atomic E-state index is 4.50. The molecule has 3 aromatic rings. The topological polar surface area (TPSA) is 41.0 Å². The highest BCUT2D eigenvalue weighted by Gasteiger charge is 2.17. The van der Waals surface area contributed by atoms with E-state index in [2.05, 4.69) is 69.6 Å². The van der Waals surface area contributed by atoms with Crippen LogP contribution in [0.1, 0.15) is 23.6 Å². The number of fused-ring (bicyclic) bond motifs is 1. The summed E-state index contributed by atoms with van der Waals surface area (Å²) in [5.74, 6) is 1.81. The Hall–Kier alpha value is -2.88. The van der Waals surface area contributed by atoms with Gasteiger partial charge in [0.15, 0.2) is 0 Å². The Kier molecular flexibility index (Phi) is 4.34. The molecule has 0 amide bonds. The molecule has 4 nitrogen and oxygen atoms in total. The number of nitrogens with one attached hydrogen (secondary N) is 1. The van der Waals surface area contributed by atoms with Crippen LogP contribution in [0.25, 0.3) is 0 Å². The first-order valence-corrected chi connectivity index (χ1v) is 8.82. The van der Waals surface area contributed by atoms with Gasteiger partial charge in [0.05, 0.1) is 0 Å². The van der Waals surface area contributed by atoms with Gasteiger partial charge in [0, 0.05) is 24.8 Å². The summed E-state index contributed by atoms with van der Waals surface area (Å²) in [5, 5.41) is 3.44. The smallest absolute Gasteiger partial charge is 0.135 e. The first-order chi connectivity index (χ1) is 12.3. The van der Waals surface area contributed by atoms with Gasteiger partial charge in [0.1, 0.15) is 18.0 Å². The highest BCUT2D eigenvalue weighted by Crippen LogP contribution is 2.26. The minimum atomic E-state index is 0.838. The normalized spacial score (nSPS) is 13.4. The molecule has 0 aliphatic carbocycles. The molecule has 25 heavy (non-hydrogen) atoms. The molecule has 4 heteroatoms. The van der Waals surface area contributed by atoms with E-state index in [0.29, 0.717) is 0 Å². The second-order valence-electron chi connectivity index (χ2n) is 6.34. The van der Waals surface area contributed by atoms with Gasteiger partial charge < -0.3 is 10.2 Å². The van der Waals surface area contributed by atoms with Gasteiger partial charge >= 0.3 is 0 Å². The molecule has 2 aromatic carbocycles. The van der Waals surface area contributed by atoms with Crippen LogP contribution in [0.3, 0.4) is 0 Å². The van der Waals surface area contributed by atoms with Crippen LogP contribution in [-0.2, 0) is 19.4 Å². The maximum Gasteiger partial charge on any atom is 0.135 e. The fourth-order valence-electron chi connectivity index (χ4n) is 3.37. The van der Waals surface area contributed by atoms with Crippen LogP contribution in [0.2, 0.25) is 0 Å². The molecule has 1 aromatic heterocycles. The monoisotopic (exact) mass is 330 g/mol. The summed E-state index contributed by atoms with van der Waals surface area (Å²) in [7, 11) is 0. The van der Waals surface area contributed by atoms with Gasteiger partial charge in [-0.1, -0.05) is 49.4 Å². The maximum absolute atomic E-state index is 4.50. The summed E-state index contributed by atoms with van der Waals surface area (Å²) in [4.78, 5) is 11.2. The van der Waals surface area contributed by atoms with E-state index < -0.39 is 0 Å². The quantitative estimate of drug-likeness (QED) is 0.772. The molecule has 0 atom stereocenters. The van der Waals surface area contributed by atoms with Crippen molar-refractivity contribution in [3.63, 3.8) is 0 Å². The van der Waals surface area contributed by atoms with Crippen LogP contribution in [0.5, 0.6) is 0 Å². The number of benzene rings is 2. The SMILES string of the molecule is CCc1ccccc1Nc1cc(N2CCc3ccccc3C2)ncn1. The van der Waals surface area contributed by atoms with Crippen LogP contribution >= 0.6 is 0 Å². The Labute approximate surface area is 148 Å². The van der Waals surface area contributed by atoms with Crippen molar-refractivity contribution >= 4 is 17.3 Å². The molecule has 1 aliphatic rings. The molecule has 0 bridgehead atoms. The molecule has 4 rings (SSSR count). The Morgan fingerprint density at radius 2 is 1.80 bits per heavy atom. The lowest BCUT2D eigenvalue weighted by atomic mass is 10.00. The Morgan fingerprint density at radius 3 is 2.68 bits per heavy atom. The standard InChI is InChI=1S/C21H22N4/c1-2-16-7-5-6-10-19(16)24-20-13-21(23-15-22-20)25-12-11-17-8-3-4-9-18(17)14-25/h3-10,13,15H,2,11-12,14H2,1H3,(H,22,23,24). The molecule has 126 valence electrons. The van der Waals surface area contributed by atoms with E-state index >= 15 is 0 Å². The summed E-state index contributed by atoms with van der Waals surface area (Å²) in [6.45, 7) is 4.05. The van der Waals surface area contributed by atoms with E-state index in [1.165, 1.54) is 16.7 Å². The molecular formula is C21H22N4. The number of hydrogen-bond acceptors (Lipinski definition) is 4. The molecule has 0 spiro atoms. The van der Waals surface area contributed by atoms with Gasteiger partial charge in [-0.15, -0.1) is 0 Å². The molecule has 0 radical (unpaired) electrons. The molecule has 0 unspecified atom stereocenters. The number of aryl methyl sites for hydroxylation is 1. The lowest BCUT2D eigenvalue weighted by Crippen LogP contribution is -2.31. The fraction of sp³-hybridized carbons (Fsp3) is 0.238. The third-order valence-corrected chi connectivity index (χ3v) is 4.77. The number of rotatable bonds is 4. The average Bonchev–Trinajstić information content (AvgIpc) is 2.68. The molecule has 0 saturated carbocycles. The van der Waals surface area contributed by atoms with Gasteiger partial charge in [-0.25, -0.2) is 9.97 Å². The summed E-state index contributed by atoms with van der Waals surface area (Å²) < 4.78 is 0. The van der Waals surface area contributed by atoms with Crippen molar-refractivity contribution in [1.82, 2.24) is 9.97 Å². The van der Waals surface area contributed by atoms with Gasteiger partial charge in [0.25, 0.3) is 0 Å². The molecule has 2 heterocycles. The minimum absolute atomic E-state index is 0.838. The van der Waals surface area contributed by atoms with E-state index in [9.17, 15) is 0 Å². The first-order valence-electron chi connectivity index (χ1n) is 8.82.